The van der Waals surface area contributed by atoms with E-state index in [-0.39, 0.29) is 17.9 Å². The fourth-order valence-corrected chi connectivity index (χ4v) is 4.18. The molecule has 0 saturated carbocycles. The average molecular weight is 402 g/mol. The number of carbonyl (C=O) groups excluding carboxylic acids is 1. The largest absolute Gasteiger partial charge is 0.490 e. The standard InChI is InChI=1S/C26H27NO3/c1-3-29-23-15-14-19(17-24(23)30-4-2)22(16-18-10-6-5-7-11-18)25-20-12-8-9-13-21(20)26(28)27-25/h5-15,17,22,25H,3-4,16H2,1-2H3,(H,27,28). The highest BCUT2D eigenvalue weighted by Gasteiger charge is 2.35. The molecule has 0 bridgehead atoms. The average Bonchev–Trinajstić information content (AvgIpc) is 3.11. The van der Waals surface area contributed by atoms with Crippen molar-refractivity contribution in [3.63, 3.8) is 0 Å². The first-order valence-corrected chi connectivity index (χ1v) is 10.5. The lowest BCUT2D eigenvalue weighted by Crippen LogP contribution is -2.26. The predicted molar refractivity (Wildman–Crippen MR) is 118 cm³/mol. The Kier molecular flexibility index (Phi) is 6.03. The lowest BCUT2D eigenvalue weighted by atomic mass is 9.83. The van der Waals surface area contributed by atoms with Gasteiger partial charge in [-0.3, -0.25) is 4.79 Å². The summed E-state index contributed by atoms with van der Waals surface area (Å²) in [5.74, 6) is 1.55. The van der Waals surface area contributed by atoms with E-state index in [0.29, 0.717) is 13.2 Å². The fraction of sp³-hybridized carbons (Fsp3) is 0.269. The molecule has 1 aliphatic rings. The lowest BCUT2D eigenvalue weighted by Gasteiger charge is -2.26. The van der Waals surface area contributed by atoms with Crippen LogP contribution in [0.15, 0.2) is 72.8 Å². The highest BCUT2D eigenvalue weighted by molar-refractivity contribution is 5.99. The molecule has 0 radical (unpaired) electrons. The molecule has 3 aromatic rings. The van der Waals surface area contributed by atoms with E-state index in [2.05, 4.69) is 41.7 Å². The molecule has 4 heteroatoms. The number of benzene rings is 3. The summed E-state index contributed by atoms with van der Waals surface area (Å²) in [7, 11) is 0. The molecule has 30 heavy (non-hydrogen) atoms. The Morgan fingerprint density at radius 3 is 2.33 bits per heavy atom. The Labute approximate surface area is 177 Å². The number of rotatable bonds is 8. The van der Waals surface area contributed by atoms with Crippen molar-refractivity contribution in [3.05, 3.63) is 95.1 Å². The normalized spacial score (nSPS) is 15.9. The molecule has 1 amide bonds. The molecule has 3 aromatic carbocycles. The van der Waals surface area contributed by atoms with Gasteiger partial charge in [-0.2, -0.15) is 0 Å². The molecule has 0 aliphatic carbocycles. The summed E-state index contributed by atoms with van der Waals surface area (Å²) in [4.78, 5) is 12.6. The van der Waals surface area contributed by atoms with E-state index >= 15 is 0 Å². The molecule has 1 aliphatic heterocycles. The molecule has 2 atom stereocenters. The summed E-state index contributed by atoms with van der Waals surface area (Å²) >= 11 is 0. The van der Waals surface area contributed by atoms with E-state index in [4.69, 9.17) is 9.47 Å². The van der Waals surface area contributed by atoms with Crippen molar-refractivity contribution in [1.82, 2.24) is 5.32 Å². The van der Waals surface area contributed by atoms with Crippen molar-refractivity contribution in [1.29, 1.82) is 0 Å². The number of hydrogen-bond acceptors (Lipinski definition) is 3. The fourth-order valence-electron chi connectivity index (χ4n) is 4.18. The van der Waals surface area contributed by atoms with E-state index in [1.165, 1.54) is 5.56 Å². The third-order valence-electron chi connectivity index (χ3n) is 5.52. The van der Waals surface area contributed by atoms with Gasteiger partial charge in [-0.15, -0.1) is 0 Å². The third kappa shape index (κ3) is 4.04. The number of hydrogen-bond donors (Lipinski definition) is 1. The van der Waals surface area contributed by atoms with E-state index in [1.807, 2.05) is 50.2 Å². The minimum atomic E-state index is -0.0960. The topological polar surface area (TPSA) is 47.6 Å². The monoisotopic (exact) mass is 401 g/mol. The summed E-state index contributed by atoms with van der Waals surface area (Å²) < 4.78 is 11.6. The van der Waals surface area contributed by atoms with E-state index in [1.54, 1.807) is 0 Å². The molecule has 0 aromatic heterocycles. The SMILES string of the molecule is CCOc1ccc(C(Cc2ccccc2)C2NC(=O)c3ccccc32)cc1OCC. The maximum absolute atomic E-state index is 12.6. The Morgan fingerprint density at radius 1 is 0.867 bits per heavy atom. The van der Waals surface area contributed by atoms with Gasteiger partial charge in [0.25, 0.3) is 5.91 Å². The number of amides is 1. The second kappa shape index (κ2) is 9.04. The van der Waals surface area contributed by atoms with Gasteiger partial charge in [0.2, 0.25) is 0 Å². The zero-order chi connectivity index (χ0) is 20.9. The van der Waals surface area contributed by atoms with E-state index in [9.17, 15) is 4.79 Å². The molecule has 0 spiro atoms. The third-order valence-corrected chi connectivity index (χ3v) is 5.52. The van der Waals surface area contributed by atoms with Crippen molar-refractivity contribution in [2.24, 2.45) is 0 Å². The maximum Gasteiger partial charge on any atom is 0.252 e. The van der Waals surface area contributed by atoms with Crippen LogP contribution in [-0.4, -0.2) is 19.1 Å². The molecule has 4 rings (SSSR count). The summed E-state index contributed by atoms with van der Waals surface area (Å²) in [5, 5.41) is 3.22. The zero-order valence-electron chi connectivity index (χ0n) is 17.4. The highest BCUT2D eigenvalue weighted by Crippen LogP contribution is 2.41. The minimum Gasteiger partial charge on any atom is -0.490 e. The van der Waals surface area contributed by atoms with Gasteiger partial charge in [0.1, 0.15) is 0 Å². The molecular formula is C26H27NO3. The van der Waals surface area contributed by atoms with Crippen molar-refractivity contribution in [2.45, 2.75) is 32.2 Å². The van der Waals surface area contributed by atoms with Gasteiger partial charge in [0.15, 0.2) is 11.5 Å². The summed E-state index contributed by atoms with van der Waals surface area (Å²) in [6.07, 6.45) is 0.805. The van der Waals surface area contributed by atoms with Gasteiger partial charge in [-0.1, -0.05) is 54.6 Å². The Bertz CT molecular complexity index is 1020. The van der Waals surface area contributed by atoms with Crippen LogP contribution in [0, 0.1) is 0 Å². The molecule has 154 valence electrons. The smallest absolute Gasteiger partial charge is 0.252 e. The first-order chi connectivity index (χ1) is 14.7. The Hall–Kier alpha value is -3.27. The van der Waals surface area contributed by atoms with Crippen molar-refractivity contribution in [3.8, 4) is 11.5 Å². The van der Waals surface area contributed by atoms with Gasteiger partial charge in [-0.05, 0) is 55.2 Å². The summed E-state index contributed by atoms with van der Waals surface area (Å²) in [6.45, 7) is 5.08. The van der Waals surface area contributed by atoms with Gasteiger partial charge in [0.05, 0.1) is 19.3 Å². The number of ether oxygens (including phenoxy) is 2. The molecular weight excluding hydrogens is 374 g/mol. The molecule has 1 heterocycles. The van der Waals surface area contributed by atoms with Crippen molar-refractivity contribution in [2.75, 3.05) is 13.2 Å². The summed E-state index contributed by atoms with van der Waals surface area (Å²) in [5.41, 5.74) is 4.16. The van der Waals surface area contributed by atoms with Crippen LogP contribution in [0.25, 0.3) is 0 Å². The Morgan fingerprint density at radius 2 is 1.57 bits per heavy atom. The maximum atomic E-state index is 12.6. The molecule has 1 N–H and O–H groups in total. The second-order valence-corrected chi connectivity index (χ2v) is 7.41. The van der Waals surface area contributed by atoms with Crippen LogP contribution < -0.4 is 14.8 Å². The molecule has 0 fully saturated rings. The van der Waals surface area contributed by atoms with Gasteiger partial charge in [-0.25, -0.2) is 0 Å². The number of fused-ring (bicyclic) bond motifs is 1. The second-order valence-electron chi connectivity index (χ2n) is 7.41. The molecule has 0 saturated heterocycles. The van der Waals surface area contributed by atoms with Crippen LogP contribution in [0.5, 0.6) is 11.5 Å². The quantitative estimate of drug-likeness (QED) is 0.557. The predicted octanol–water partition coefficient (Wildman–Crippen LogP) is 5.30. The van der Waals surface area contributed by atoms with Crippen LogP contribution in [0.4, 0.5) is 0 Å². The zero-order valence-corrected chi connectivity index (χ0v) is 17.4. The van der Waals surface area contributed by atoms with Gasteiger partial charge in [0, 0.05) is 11.5 Å². The van der Waals surface area contributed by atoms with Crippen LogP contribution in [0.3, 0.4) is 0 Å². The van der Waals surface area contributed by atoms with Crippen LogP contribution in [0.1, 0.15) is 52.9 Å². The van der Waals surface area contributed by atoms with Crippen LogP contribution in [-0.2, 0) is 6.42 Å². The first kappa shape index (κ1) is 20.0. The van der Waals surface area contributed by atoms with E-state index in [0.717, 1.165) is 34.6 Å². The number of carbonyl (C=O) groups is 1. The van der Waals surface area contributed by atoms with Gasteiger partial charge < -0.3 is 14.8 Å². The van der Waals surface area contributed by atoms with Crippen LogP contribution in [0.2, 0.25) is 0 Å². The van der Waals surface area contributed by atoms with Crippen molar-refractivity contribution < 1.29 is 14.3 Å². The minimum absolute atomic E-state index is 0.00960. The van der Waals surface area contributed by atoms with Crippen LogP contribution >= 0.6 is 0 Å². The lowest BCUT2D eigenvalue weighted by molar-refractivity contribution is 0.0952. The first-order valence-electron chi connectivity index (χ1n) is 10.5. The molecule has 4 nitrogen and oxygen atoms in total. The Balaban J connectivity index is 1.77. The highest BCUT2D eigenvalue weighted by atomic mass is 16.5. The van der Waals surface area contributed by atoms with E-state index < -0.39 is 0 Å². The number of nitrogens with one attached hydrogen (secondary N) is 1. The van der Waals surface area contributed by atoms with Gasteiger partial charge >= 0.3 is 0 Å². The van der Waals surface area contributed by atoms with Crippen molar-refractivity contribution >= 4 is 5.91 Å². The molecule has 2 unspecified atom stereocenters. The summed E-state index contributed by atoms with van der Waals surface area (Å²) in [6, 6.07) is 24.3.